The minimum atomic E-state index is -2.88. The number of anilines is 1. The molecule has 130 valence electrons. The standard InChI is InChI=1S/C15H18F2N4O2S/c1-15(2,3)11-20-21-14(24-11)19-13(22)18-8-9-5-4-6-10(7-9)23-12(16)17/h4-7,12H,8H2,1-3H3,(H2,18,19,21,22). The zero-order valence-corrected chi connectivity index (χ0v) is 14.3. The van der Waals surface area contributed by atoms with Crippen LogP contribution >= 0.6 is 11.3 Å². The zero-order chi connectivity index (χ0) is 17.7. The van der Waals surface area contributed by atoms with E-state index in [4.69, 9.17) is 0 Å². The Kier molecular flexibility index (Phi) is 5.66. The molecule has 1 aromatic carbocycles. The van der Waals surface area contributed by atoms with Crippen LogP contribution in [0.5, 0.6) is 5.75 Å². The van der Waals surface area contributed by atoms with Gasteiger partial charge in [0.05, 0.1) is 0 Å². The molecule has 2 rings (SSSR count). The van der Waals surface area contributed by atoms with E-state index >= 15 is 0 Å². The molecule has 2 amide bonds. The fourth-order valence-electron chi connectivity index (χ4n) is 1.73. The Hall–Kier alpha value is -2.29. The maximum absolute atomic E-state index is 12.2. The fraction of sp³-hybridized carbons (Fsp3) is 0.400. The van der Waals surface area contributed by atoms with E-state index in [0.717, 1.165) is 5.01 Å². The molecule has 6 nitrogen and oxygen atoms in total. The number of carbonyl (C=O) groups excluding carboxylic acids is 1. The molecule has 0 spiro atoms. The lowest BCUT2D eigenvalue weighted by atomic mass is 9.98. The zero-order valence-electron chi connectivity index (χ0n) is 13.5. The minimum Gasteiger partial charge on any atom is -0.435 e. The molecule has 0 aliphatic rings. The van der Waals surface area contributed by atoms with Crippen LogP contribution < -0.4 is 15.4 Å². The van der Waals surface area contributed by atoms with Crippen molar-refractivity contribution in [3.05, 3.63) is 34.8 Å². The molecule has 2 N–H and O–H groups in total. The van der Waals surface area contributed by atoms with Gasteiger partial charge in [-0.25, -0.2) is 4.79 Å². The highest BCUT2D eigenvalue weighted by molar-refractivity contribution is 7.15. The van der Waals surface area contributed by atoms with Crippen LogP contribution in [0, 0.1) is 0 Å². The molecule has 1 heterocycles. The number of aromatic nitrogens is 2. The van der Waals surface area contributed by atoms with E-state index in [9.17, 15) is 13.6 Å². The monoisotopic (exact) mass is 356 g/mol. The first-order valence-electron chi connectivity index (χ1n) is 7.16. The number of ether oxygens (including phenoxy) is 1. The Morgan fingerprint density at radius 1 is 1.33 bits per heavy atom. The van der Waals surface area contributed by atoms with E-state index in [1.54, 1.807) is 12.1 Å². The van der Waals surface area contributed by atoms with Gasteiger partial charge in [0.1, 0.15) is 10.8 Å². The number of halogens is 2. The van der Waals surface area contributed by atoms with E-state index in [0.29, 0.717) is 10.7 Å². The van der Waals surface area contributed by atoms with Crippen LogP contribution in [0.25, 0.3) is 0 Å². The molecule has 0 atom stereocenters. The lowest BCUT2D eigenvalue weighted by molar-refractivity contribution is -0.0498. The topological polar surface area (TPSA) is 76.1 Å². The molecule has 2 aromatic rings. The van der Waals surface area contributed by atoms with E-state index in [-0.39, 0.29) is 17.7 Å². The second-order valence-corrected chi connectivity index (χ2v) is 6.97. The van der Waals surface area contributed by atoms with Crippen LogP contribution in [0.3, 0.4) is 0 Å². The first-order valence-corrected chi connectivity index (χ1v) is 7.98. The normalized spacial score (nSPS) is 11.4. The number of benzene rings is 1. The van der Waals surface area contributed by atoms with Crippen molar-refractivity contribution in [3.8, 4) is 5.75 Å². The number of nitrogens with one attached hydrogen (secondary N) is 2. The van der Waals surface area contributed by atoms with E-state index in [2.05, 4.69) is 25.6 Å². The van der Waals surface area contributed by atoms with Gasteiger partial charge in [-0.2, -0.15) is 8.78 Å². The van der Waals surface area contributed by atoms with Crippen molar-refractivity contribution < 1.29 is 18.3 Å². The molecule has 0 aliphatic carbocycles. The Morgan fingerprint density at radius 3 is 2.71 bits per heavy atom. The van der Waals surface area contributed by atoms with Crippen LogP contribution in [0.4, 0.5) is 18.7 Å². The summed E-state index contributed by atoms with van der Waals surface area (Å²) in [6.07, 6.45) is 0. The van der Waals surface area contributed by atoms with Crippen LogP contribution in [0.1, 0.15) is 31.3 Å². The number of nitrogens with zero attached hydrogens (tertiary/aromatic N) is 2. The quantitative estimate of drug-likeness (QED) is 0.855. The number of hydrogen-bond donors (Lipinski definition) is 2. The summed E-state index contributed by atoms with van der Waals surface area (Å²) in [5.41, 5.74) is 0.495. The van der Waals surface area contributed by atoms with Gasteiger partial charge in [0.2, 0.25) is 5.13 Å². The van der Waals surface area contributed by atoms with Crippen molar-refractivity contribution in [3.63, 3.8) is 0 Å². The third kappa shape index (κ3) is 5.41. The maximum atomic E-state index is 12.2. The van der Waals surface area contributed by atoms with Gasteiger partial charge < -0.3 is 10.1 Å². The van der Waals surface area contributed by atoms with Gasteiger partial charge >= 0.3 is 12.6 Å². The second kappa shape index (κ2) is 7.52. The van der Waals surface area contributed by atoms with Gasteiger partial charge in [0, 0.05) is 12.0 Å². The van der Waals surface area contributed by atoms with Gasteiger partial charge in [0.25, 0.3) is 0 Å². The van der Waals surface area contributed by atoms with Crippen molar-refractivity contribution in [2.24, 2.45) is 0 Å². The fourth-order valence-corrected chi connectivity index (χ4v) is 2.53. The molecule has 0 saturated carbocycles. The van der Waals surface area contributed by atoms with Crippen LogP contribution in [-0.2, 0) is 12.0 Å². The minimum absolute atomic E-state index is 0.0450. The smallest absolute Gasteiger partial charge is 0.387 e. The highest BCUT2D eigenvalue weighted by Crippen LogP contribution is 2.27. The predicted octanol–water partition coefficient (Wildman–Crippen LogP) is 3.76. The first kappa shape index (κ1) is 18.1. The highest BCUT2D eigenvalue weighted by atomic mass is 32.1. The summed E-state index contributed by atoms with van der Waals surface area (Å²) < 4.78 is 28.7. The number of carbonyl (C=O) groups is 1. The Labute approximate surface area is 142 Å². The van der Waals surface area contributed by atoms with E-state index < -0.39 is 12.6 Å². The molecule has 0 saturated heterocycles. The summed E-state index contributed by atoms with van der Waals surface area (Å²) >= 11 is 1.30. The molecule has 1 aromatic heterocycles. The lowest BCUT2D eigenvalue weighted by Gasteiger charge is -2.12. The maximum Gasteiger partial charge on any atom is 0.387 e. The molecule has 0 fully saturated rings. The summed E-state index contributed by atoms with van der Waals surface area (Å²) in [6.45, 7) is 3.30. The largest absolute Gasteiger partial charge is 0.435 e. The molecule has 0 aliphatic heterocycles. The average molecular weight is 356 g/mol. The van der Waals surface area contributed by atoms with Crippen molar-refractivity contribution >= 4 is 22.5 Å². The first-order chi connectivity index (χ1) is 11.2. The van der Waals surface area contributed by atoms with Gasteiger partial charge in [-0.3, -0.25) is 5.32 Å². The van der Waals surface area contributed by atoms with Crippen molar-refractivity contribution in [1.82, 2.24) is 15.5 Å². The molecular formula is C15H18F2N4O2S. The summed E-state index contributed by atoms with van der Waals surface area (Å²) in [7, 11) is 0. The summed E-state index contributed by atoms with van der Waals surface area (Å²) in [6, 6.07) is 5.68. The van der Waals surface area contributed by atoms with Crippen LogP contribution in [0.15, 0.2) is 24.3 Å². The Morgan fingerprint density at radius 2 is 2.08 bits per heavy atom. The summed E-state index contributed by atoms with van der Waals surface area (Å²) in [5, 5.41) is 14.4. The van der Waals surface area contributed by atoms with Crippen LogP contribution in [-0.4, -0.2) is 22.8 Å². The third-order valence-electron chi connectivity index (χ3n) is 2.86. The number of alkyl halides is 2. The number of hydrogen-bond acceptors (Lipinski definition) is 5. The molecule has 0 radical (unpaired) electrons. The molecular weight excluding hydrogens is 338 g/mol. The SMILES string of the molecule is CC(C)(C)c1nnc(NC(=O)NCc2cccc(OC(F)F)c2)s1. The summed E-state index contributed by atoms with van der Waals surface area (Å²) in [5.74, 6) is 0.0450. The van der Waals surface area contributed by atoms with Gasteiger partial charge in [0.15, 0.2) is 0 Å². The van der Waals surface area contributed by atoms with Gasteiger partial charge in [-0.15, -0.1) is 10.2 Å². The summed E-state index contributed by atoms with van der Waals surface area (Å²) in [4.78, 5) is 11.9. The third-order valence-corrected chi connectivity index (χ3v) is 4.13. The number of rotatable bonds is 5. The van der Waals surface area contributed by atoms with Crippen molar-refractivity contribution in [1.29, 1.82) is 0 Å². The molecule has 0 unspecified atom stereocenters. The second-order valence-electron chi connectivity index (χ2n) is 6.00. The van der Waals surface area contributed by atoms with Gasteiger partial charge in [-0.05, 0) is 17.7 Å². The Balaban J connectivity index is 1.88. The van der Waals surface area contributed by atoms with E-state index in [1.165, 1.54) is 23.5 Å². The van der Waals surface area contributed by atoms with E-state index in [1.807, 2.05) is 20.8 Å². The lowest BCUT2D eigenvalue weighted by Crippen LogP contribution is -2.28. The molecule has 24 heavy (non-hydrogen) atoms. The Bertz CT molecular complexity index is 701. The van der Waals surface area contributed by atoms with Crippen molar-refractivity contribution in [2.75, 3.05) is 5.32 Å². The average Bonchev–Trinajstić information content (AvgIpc) is 2.93. The highest BCUT2D eigenvalue weighted by Gasteiger charge is 2.19. The van der Waals surface area contributed by atoms with Crippen LogP contribution in [0.2, 0.25) is 0 Å². The molecule has 9 heteroatoms. The molecule has 0 bridgehead atoms. The number of urea groups is 1. The predicted molar refractivity (Wildman–Crippen MR) is 87.5 cm³/mol. The van der Waals surface area contributed by atoms with Gasteiger partial charge in [-0.1, -0.05) is 44.2 Å². The van der Waals surface area contributed by atoms with Crippen molar-refractivity contribution in [2.45, 2.75) is 39.3 Å². The number of amides is 2.